The Balaban J connectivity index is 1.38. The molecule has 0 radical (unpaired) electrons. The highest BCUT2D eigenvalue weighted by atomic mass is 35.5. The number of carbonyl (C=O) groups is 1. The molecule has 2 heterocycles. The first-order chi connectivity index (χ1) is 16.2. The van der Waals surface area contributed by atoms with E-state index in [1.807, 2.05) is 35.2 Å². The van der Waals surface area contributed by atoms with Crippen molar-refractivity contribution in [3.63, 3.8) is 0 Å². The molecule has 6 heteroatoms. The number of nitrogens with zero attached hydrogens (tertiary/aromatic N) is 3. The number of piperidine rings is 1. The molecule has 1 saturated heterocycles. The van der Waals surface area contributed by atoms with Crippen molar-refractivity contribution >= 4 is 23.2 Å². The van der Waals surface area contributed by atoms with Crippen molar-refractivity contribution in [2.45, 2.75) is 57.2 Å². The molecule has 1 saturated carbocycles. The van der Waals surface area contributed by atoms with E-state index >= 15 is 0 Å². The zero-order chi connectivity index (χ0) is 24.2. The molecule has 1 aliphatic carbocycles. The van der Waals surface area contributed by atoms with E-state index < -0.39 is 0 Å². The summed E-state index contributed by atoms with van der Waals surface area (Å²) in [7, 11) is 0. The minimum atomic E-state index is -0.339. The van der Waals surface area contributed by atoms with E-state index in [9.17, 15) is 10.1 Å². The number of nitrogens with one attached hydrogen (secondary N) is 1. The number of para-hydroxylation sites is 1. The lowest BCUT2D eigenvalue weighted by molar-refractivity contribution is 0.0984. The number of hydrogen-bond donors (Lipinski definition) is 1. The number of benzene rings is 2. The first-order valence-corrected chi connectivity index (χ1v) is 12.4. The van der Waals surface area contributed by atoms with E-state index in [0.29, 0.717) is 35.6 Å². The molecule has 5 nitrogen and oxygen atoms in total. The Morgan fingerprint density at radius 2 is 2.03 bits per heavy atom. The van der Waals surface area contributed by atoms with Crippen LogP contribution in [-0.2, 0) is 5.41 Å². The second-order valence-corrected chi connectivity index (χ2v) is 10.9. The van der Waals surface area contributed by atoms with Gasteiger partial charge in [-0.1, -0.05) is 56.3 Å². The van der Waals surface area contributed by atoms with Gasteiger partial charge < -0.3 is 15.1 Å². The summed E-state index contributed by atoms with van der Waals surface area (Å²) in [6, 6.07) is 16.7. The molecule has 2 fully saturated rings. The minimum absolute atomic E-state index is 0.0238. The summed E-state index contributed by atoms with van der Waals surface area (Å²) in [6.45, 7) is 11.8. The number of halogens is 1. The molecule has 0 bridgehead atoms. The van der Waals surface area contributed by atoms with Gasteiger partial charge in [0, 0.05) is 52.6 Å². The summed E-state index contributed by atoms with van der Waals surface area (Å²) in [5.41, 5.74) is 4.32. The first-order valence-electron chi connectivity index (χ1n) is 12.0. The van der Waals surface area contributed by atoms with Crippen LogP contribution in [0.15, 0.2) is 54.7 Å². The Morgan fingerprint density at radius 3 is 2.79 bits per heavy atom. The van der Waals surface area contributed by atoms with Crippen LogP contribution in [0.1, 0.15) is 55.1 Å². The Bertz CT molecular complexity index is 1200. The molecule has 4 atom stereocenters. The number of carbonyl (C=O) groups excluding carboxylic acids is 1. The molecule has 5 rings (SSSR count). The molecule has 0 spiro atoms. The van der Waals surface area contributed by atoms with Crippen molar-refractivity contribution in [2.75, 3.05) is 18.0 Å². The van der Waals surface area contributed by atoms with Gasteiger partial charge in [-0.3, -0.25) is 4.79 Å². The maximum atomic E-state index is 13.8. The standard InChI is InChI=1S/C28H31ClN4O/c1-17(31-15-18(2)33-21(14-30)11-19-12-26(19)33)16-32-25-8-6-5-7-24(25)28(3,4)23-10-9-20(29)13-22(23)27(32)34/h5-10,13,17,19,21,26,31H,2,11-12,15-16H2,1,3-4H3/t17-,19-,21+,26?/m1/s1. The number of rotatable bonds is 6. The van der Waals surface area contributed by atoms with Crippen LogP contribution in [0.2, 0.25) is 5.02 Å². The number of anilines is 1. The number of hydrogen-bond acceptors (Lipinski definition) is 4. The molecule has 176 valence electrons. The van der Waals surface area contributed by atoms with E-state index in [2.05, 4.69) is 49.7 Å². The van der Waals surface area contributed by atoms with Crippen LogP contribution in [0, 0.1) is 17.2 Å². The molecule has 0 aromatic heterocycles. The fraction of sp³-hybridized carbons (Fsp3) is 0.429. The topological polar surface area (TPSA) is 59.4 Å². The lowest BCUT2D eigenvalue weighted by Crippen LogP contribution is -2.44. The second-order valence-electron chi connectivity index (χ2n) is 10.4. The summed E-state index contributed by atoms with van der Waals surface area (Å²) in [4.78, 5) is 17.9. The molecule has 1 amide bonds. The number of amides is 1. The number of nitriles is 1. The van der Waals surface area contributed by atoms with E-state index in [1.165, 1.54) is 6.42 Å². The van der Waals surface area contributed by atoms with Gasteiger partial charge in [0.25, 0.3) is 5.91 Å². The van der Waals surface area contributed by atoms with Gasteiger partial charge in [0.1, 0.15) is 6.04 Å². The molecule has 2 aliphatic heterocycles. The zero-order valence-electron chi connectivity index (χ0n) is 20.0. The summed E-state index contributed by atoms with van der Waals surface area (Å²) in [5, 5.41) is 13.6. The predicted molar refractivity (Wildman–Crippen MR) is 136 cm³/mol. The predicted octanol–water partition coefficient (Wildman–Crippen LogP) is 5.10. The van der Waals surface area contributed by atoms with Crippen LogP contribution in [-0.4, -0.2) is 42.0 Å². The zero-order valence-corrected chi connectivity index (χ0v) is 20.8. The molecule has 1 unspecified atom stereocenters. The maximum Gasteiger partial charge on any atom is 0.258 e. The van der Waals surface area contributed by atoms with Crippen LogP contribution in [0.3, 0.4) is 0 Å². The van der Waals surface area contributed by atoms with Crippen LogP contribution in [0.5, 0.6) is 0 Å². The van der Waals surface area contributed by atoms with Gasteiger partial charge in [0.15, 0.2) is 0 Å². The average Bonchev–Trinajstić information content (AvgIpc) is 3.50. The number of fused-ring (bicyclic) bond motifs is 3. The second kappa shape index (κ2) is 8.45. The third kappa shape index (κ3) is 3.79. The Kier molecular flexibility index (Phi) is 5.70. The third-order valence-corrected chi connectivity index (χ3v) is 7.96. The molecule has 3 aliphatic rings. The summed E-state index contributed by atoms with van der Waals surface area (Å²) in [5.74, 6) is 0.619. The fourth-order valence-corrected chi connectivity index (χ4v) is 5.98. The van der Waals surface area contributed by atoms with Gasteiger partial charge >= 0.3 is 0 Å². The van der Waals surface area contributed by atoms with Crippen molar-refractivity contribution in [2.24, 2.45) is 5.92 Å². The Morgan fingerprint density at radius 1 is 1.26 bits per heavy atom. The normalized spacial score (nSPS) is 25.0. The van der Waals surface area contributed by atoms with E-state index in [-0.39, 0.29) is 23.4 Å². The fourth-order valence-electron chi connectivity index (χ4n) is 5.81. The Labute approximate surface area is 207 Å². The SMILES string of the molecule is C=C(CN[C@H](C)CN1C(=O)c2cc(Cl)ccc2C(C)(C)c2ccccc21)N1C2C[C@H]2C[C@H]1C#N. The highest BCUT2D eigenvalue weighted by Gasteiger charge is 2.52. The molecule has 2 aromatic carbocycles. The lowest BCUT2D eigenvalue weighted by Gasteiger charge is -2.31. The van der Waals surface area contributed by atoms with Crippen molar-refractivity contribution in [1.82, 2.24) is 10.2 Å². The van der Waals surface area contributed by atoms with Crippen molar-refractivity contribution in [1.29, 1.82) is 5.26 Å². The Hall–Kier alpha value is -2.81. The highest BCUT2D eigenvalue weighted by Crippen LogP contribution is 2.49. The van der Waals surface area contributed by atoms with E-state index in [1.54, 1.807) is 6.07 Å². The van der Waals surface area contributed by atoms with Crippen molar-refractivity contribution in [3.8, 4) is 6.07 Å². The molecule has 2 aromatic rings. The van der Waals surface area contributed by atoms with E-state index in [0.717, 1.165) is 28.9 Å². The quantitative estimate of drug-likeness (QED) is 0.632. The summed E-state index contributed by atoms with van der Waals surface area (Å²) in [6.07, 6.45) is 2.12. The monoisotopic (exact) mass is 474 g/mol. The van der Waals surface area contributed by atoms with E-state index in [4.69, 9.17) is 11.6 Å². The molecular formula is C28H31ClN4O. The number of likely N-dealkylation sites (tertiary alicyclic amines) is 1. The van der Waals surface area contributed by atoms with Gasteiger partial charge in [-0.2, -0.15) is 5.26 Å². The van der Waals surface area contributed by atoms with Crippen molar-refractivity contribution < 1.29 is 4.79 Å². The van der Waals surface area contributed by atoms with Gasteiger partial charge in [0.05, 0.1) is 6.07 Å². The molecule has 34 heavy (non-hydrogen) atoms. The smallest absolute Gasteiger partial charge is 0.258 e. The van der Waals surface area contributed by atoms with Gasteiger partial charge in [0.2, 0.25) is 0 Å². The minimum Gasteiger partial charge on any atom is -0.355 e. The summed E-state index contributed by atoms with van der Waals surface area (Å²) < 4.78 is 0. The third-order valence-electron chi connectivity index (χ3n) is 7.73. The largest absolute Gasteiger partial charge is 0.355 e. The van der Waals surface area contributed by atoms with Gasteiger partial charge in [-0.25, -0.2) is 0 Å². The van der Waals surface area contributed by atoms with Crippen LogP contribution >= 0.6 is 11.6 Å². The lowest BCUT2D eigenvalue weighted by atomic mass is 9.76. The molecule has 1 N–H and O–H groups in total. The van der Waals surface area contributed by atoms with Crippen LogP contribution in [0.25, 0.3) is 0 Å². The van der Waals surface area contributed by atoms with Crippen molar-refractivity contribution in [3.05, 3.63) is 76.5 Å². The first kappa shape index (κ1) is 23.0. The van der Waals surface area contributed by atoms with Gasteiger partial charge in [-0.15, -0.1) is 0 Å². The van der Waals surface area contributed by atoms with Crippen LogP contribution in [0.4, 0.5) is 5.69 Å². The van der Waals surface area contributed by atoms with Gasteiger partial charge in [-0.05, 0) is 55.0 Å². The summed E-state index contributed by atoms with van der Waals surface area (Å²) >= 11 is 6.32. The average molecular weight is 475 g/mol. The highest BCUT2D eigenvalue weighted by molar-refractivity contribution is 6.31. The molecular weight excluding hydrogens is 444 g/mol. The van der Waals surface area contributed by atoms with Crippen LogP contribution < -0.4 is 10.2 Å². The maximum absolute atomic E-state index is 13.8.